The first-order valence-electron chi connectivity index (χ1n) is 6.69. The maximum absolute atomic E-state index is 6.44. The Labute approximate surface area is 122 Å². The Bertz CT molecular complexity index is 454. The maximum atomic E-state index is 6.44. The van der Waals surface area contributed by atoms with Gasteiger partial charge in [0, 0.05) is 21.7 Å². The third-order valence-corrected chi connectivity index (χ3v) is 6.13. The predicted molar refractivity (Wildman–Crippen MR) is 78.5 cm³/mol. The molecule has 2 fully saturated rings. The fraction of sp³-hybridized carbons (Fsp3) is 0.600. The Morgan fingerprint density at radius 1 is 1.33 bits per heavy atom. The normalized spacial score (nSPS) is 29.3. The second-order valence-electron chi connectivity index (χ2n) is 5.66. The van der Waals surface area contributed by atoms with E-state index in [9.17, 15) is 0 Å². The van der Waals surface area contributed by atoms with Gasteiger partial charge in [0.1, 0.15) is 11.9 Å². The molecule has 2 aliphatic rings. The number of aryl methyl sites for hydroxylation is 1. The van der Waals surface area contributed by atoms with Crippen LogP contribution in [0.25, 0.3) is 0 Å². The van der Waals surface area contributed by atoms with Crippen molar-refractivity contribution in [2.24, 2.45) is 5.41 Å². The van der Waals surface area contributed by atoms with Crippen molar-refractivity contribution in [1.82, 2.24) is 0 Å². The van der Waals surface area contributed by atoms with Gasteiger partial charge in [-0.1, -0.05) is 28.8 Å². The smallest absolute Gasteiger partial charge is 0.120 e. The van der Waals surface area contributed by atoms with Crippen molar-refractivity contribution >= 4 is 27.5 Å². The molecule has 1 nitrogen and oxygen atoms in total. The van der Waals surface area contributed by atoms with Crippen molar-refractivity contribution in [3.05, 3.63) is 28.2 Å². The Balaban J connectivity index is 1.75. The number of benzene rings is 1. The lowest BCUT2D eigenvalue weighted by atomic mass is 9.64. The zero-order valence-corrected chi connectivity index (χ0v) is 12.9. The SMILES string of the molecule is Cc1cc(OC2CC(Cl)C23CCCC3)ccc1Br. The minimum Gasteiger partial charge on any atom is -0.490 e. The molecule has 3 heteroatoms. The van der Waals surface area contributed by atoms with Crippen LogP contribution < -0.4 is 4.74 Å². The Hall–Kier alpha value is -0.210. The molecule has 0 radical (unpaired) electrons. The fourth-order valence-electron chi connectivity index (χ4n) is 3.39. The molecular formula is C15H18BrClO. The van der Waals surface area contributed by atoms with Crippen LogP contribution in [-0.4, -0.2) is 11.5 Å². The Morgan fingerprint density at radius 2 is 2.06 bits per heavy atom. The predicted octanol–water partition coefficient (Wildman–Crippen LogP) is 5.08. The Kier molecular flexibility index (Phi) is 3.36. The number of ether oxygens (including phenoxy) is 1. The molecule has 1 aromatic carbocycles. The third kappa shape index (κ3) is 1.98. The van der Waals surface area contributed by atoms with Crippen LogP contribution >= 0.6 is 27.5 Å². The lowest BCUT2D eigenvalue weighted by Crippen LogP contribution is -2.55. The number of halogens is 2. The summed E-state index contributed by atoms with van der Waals surface area (Å²) in [6.07, 6.45) is 6.41. The molecule has 2 saturated carbocycles. The van der Waals surface area contributed by atoms with Crippen LogP contribution in [0, 0.1) is 12.3 Å². The summed E-state index contributed by atoms with van der Waals surface area (Å²) in [6, 6.07) is 6.21. The lowest BCUT2D eigenvalue weighted by molar-refractivity contribution is -0.0355. The second kappa shape index (κ2) is 4.72. The van der Waals surface area contributed by atoms with E-state index in [2.05, 4.69) is 35.0 Å². The molecular weight excluding hydrogens is 312 g/mol. The van der Waals surface area contributed by atoms with Crippen LogP contribution in [0.1, 0.15) is 37.7 Å². The number of hydrogen-bond donors (Lipinski definition) is 0. The maximum Gasteiger partial charge on any atom is 0.120 e. The van der Waals surface area contributed by atoms with Gasteiger partial charge >= 0.3 is 0 Å². The van der Waals surface area contributed by atoms with Gasteiger partial charge in [-0.25, -0.2) is 0 Å². The summed E-state index contributed by atoms with van der Waals surface area (Å²) < 4.78 is 7.32. The average Bonchev–Trinajstić information content (AvgIpc) is 2.85. The van der Waals surface area contributed by atoms with Crippen molar-refractivity contribution < 1.29 is 4.74 Å². The molecule has 2 unspecified atom stereocenters. The molecule has 0 amide bonds. The zero-order chi connectivity index (χ0) is 12.8. The molecule has 0 aliphatic heterocycles. The molecule has 2 atom stereocenters. The first-order chi connectivity index (χ1) is 8.62. The second-order valence-corrected chi connectivity index (χ2v) is 7.04. The molecule has 98 valence electrons. The van der Waals surface area contributed by atoms with Gasteiger partial charge in [0.15, 0.2) is 0 Å². The van der Waals surface area contributed by atoms with Crippen LogP contribution in [0.15, 0.2) is 22.7 Å². The van der Waals surface area contributed by atoms with Gasteiger partial charge in [-0.3, -0.25) is 0 Å². The number of alkyl halides is 1. The first kappa shape index (κ1) is 12.8. The standard InChI is InChI=1S/C15H18BrClO/c1-10-8-11(4-5-12(10)16)18-14-9-13(17)15(14)6-2-3-7-15/h4-5,8,13-14H,2-3,6-7,9H2,1H3. The summed E-state index contributed by atoms with van der Waals surface area (Å²) in [7, 11) is 0. The van der Waals surface area contributed by atoms with Crippen molar-refractivity contribution in [2.75, 3.05) is 0 Å². The first-order valence-corrected chi connectivity index (χ1v) is 7.92. The molecule has 1 aromatic rings. The Morgan fingerprint density at radius 3 is 2.67 bits per heavy atom. The summed E-state index contributed by atoms with van der Waals surface area (Å²) in [4.78, 5) is 0. The highest BCUT2D eigenvalue weighted by atomic mass is 79.9. The molecule has 3 rings (SSSR count). The van der Waals surface area contributed by atoms with Crippen molar-refractivity contribution in [3.8, 4) is 5.75 Å². The van der Waals surface area contributed by atoms with Gasteiger partial charge in [0.05, 0.1) is 0 Å². The van der Waals surface area contributed by atoms with Gasteiger partial charge in [-0.2, -0.15) is 0 Å². The minimum absolute atomic E-state index is 0.266. The van der Waals surface area contributed by atoms with Gasteiger partial charge in [0.25, 0.3) is 0 Å². The minimum atomic E-state index is 0.266. The highest BCUT2D eigenvalue weighted by molar-refractivity contribution is 9.10. The fourth-order valence-corrected chi connectivity index (χ4v) is 4.15. The van der Waals surface area contributed by atoms with E-state index in [1.54, 1.807) is 0 Å². The monoisotopic (exact) mass is 328 g/mol. The van der Waals surface area contributed by atoms with Crippen molar-refractivity contribution in [3.63, 3.8) is 0 Å². The van der Waals surface area contributed by atoms with Gasteiger partial charge in [0.2, 0.25) is 0 Å². The lowest BCUT2D eigenvalue weighted by Gasteiger charge is -2.51. The highest BCUT2D eigenvalue weighted by Crippen LogP contribution is 2.57. The van der Waals surface area contributed by atoms with E-state index in [1.165, 1.54) is 31.2 Å². The van der Waals surface area contributed by atoms with E-state index in [1.807, 2.05) is 6.07 Å². The van der Waals surface area contributed by atoms with E-state index in [0.29, 0.717) is 11.5 Å². The topological polar surface area (TPSA) is 9.23 Å². The van der Waals surface area contributed by atoms with Crippen molar-refractivity contribution in [2.45, 2.75) is 50.5 Å². The molecule has 0 saturated heterocycles. The molecule has 2 aliphatic carbocycles. The molecule has 18 heavy (non-hydrogen) atoms. The van der Waals surface area contributed by atoms with Crippen LogP contribution in [0.4, 0.5) is 0 Å². The van der Waals surface area contributed by atoms with Gasteiger partial charge in [-0.05, 0) is 43.5 Å². The van der Waals surface area contributed by atoms with E-state index in [4.69, 9.17) is 16.3 Å². The molecule has 0 bridgehead atoms. The number of rotatable bonds is 2. The molecule has 0 aromatic heterocycles. The highest BCUT2D eigenvalue weighted by Gasteiger charge is 2.56. The molecule has 0 N–H and O–H groups in total. The average molecular weight is 330 g/mol. The molecule has 1 spiro atoms. The zero-order valence-electron chi connectivity index (χ0n) is 10.6. The van der Waals surface area contributed by atoms with Gasteiger partial charge < -0.3 is 4.74 Å². The summed E-state index contributed by atoms with van der Waals surface area (Å²) >= 11 is 9.96. The summed E-state index contributed by atoms with van der Waals surface area (Å²) in [6.45, 7) is 2.09. The van der Waals surface area contributed by atoms with Crippen LogP contribution in [0.2, 0.25) is 0 Å². The summed E-state index contributed by atoms with van der Waals surface area (Å²) in [5, 5.41) is 0.321. The summed E-state index contributed by atoms with van der Waals surface area (Å²) in [5.41, 5.74) is 1.48. The van der Waals surface area contributed by atoms with Crippen LogP contribution in [0.3, 0.4) is 0 Å². The van der Waals surface area contributed by atoms with Crippen LogP contribution in [0.5, 0.6) is 5.75 Å². The molecule has 0 heterocycles. The van der Waals surface area contributed by atoms with E-state index in [-0.39, 0.29) is 5.41 Å². The quantitative estimate of drug-likeness (QED) is 0.688. The van der Waals surface area contributed by atoms with E-state index >= 15 is 0 Å². The van der Waals surface area contributed by atoms with E-state index < -0.39 is 0 Å². The largest absolute Gasteiger partial charge is 0.490 e. The summed E-state index contributed by atoms with van der Waals surface area (Å²) in [5.74, 6) is 0.982. The third-order valence-electron chi connectivity index (χ3n) is 4.63. The van der Waals surface area contributed by atoms with Crippen molar-refractivity contribution in [1.29, 1.82) is 0 Å². The number of hydrogen-bond acceptors (Lipinski definition) is 1. The van der Waals surface area contributed by atoms with Crippen LogP contribution in [-0.2, 0) is 0 Å². The van der Waals surface area contributed by atoms with Gasteiger partial charge in [-0.15, -0.1) is 11.6 Å². The van der Waals surface area contributed by atoms with E-state index in [0.717, 1.165) is 16.6 Å².